The Kier molecular flexibility index (Phi) is 5.17. The van der Waals surface area contributed by atoms with Crippen LogP contribution in [0.15, 0.2) is 23.1 Å². The molecule has 1 aromatic rings. The predicted octanol–water partition coefficient (Wildman–Crippen LogP) is 2.79. The summed E-state index contributed by atoms with van der Waals surface area (Å²) in [5, 5.41) is 0.436. The highest BCUT2D eigenvalue weighted by molar-refractivity contribution is 7.98. The van der Waals surface area contributed by atoms with Crippen molar-refractivity contribution < 1.29 is 9.59 Å². The number of thioether (sulfide) groups is 1. The molecule has 114 valence electrons. The monoisotopic (exact) mass is 326 g/mol. The van der Waals surface area contributed by atoms with Gasteiger partial charge in [-0.1, -0.05) is 11.6 Å². The lowest BCUT2D eigenvalue weighted by Gasteiger charge is -2.37. The van der Waals surface area contributed by atoms with Gasteiger partial charge in [-0.05, 0) is 44.2 Å². The van der Waals surface area contributed by atoms with Crippen LogP contribution < -0.4 is 5.73 Å². The zero-order valence-electron chi connectivity index (χ0n) is 12.1. The maximum absolute atomic E-state index is 12.7. The highest BCUT2D eigenvalue weighted by Gasteiger charge is 2.32. The number of carbonyl (C=O) groups excluding carboxylic acids is 2. The molecule has 1 aliphatic rings. The van der Waals surface area contributed by atoms with Gasteiger partial charge in [0.2, 0.25) is 5.91 Å². The lowest BCUT2D eigenvalue weighted by Crippen LogP contribution is -2.48. The SMILES string of the molecule is CSc1ccc(Cl)c(C(=O)N2C[C@H](C(N)=O)CC[C@H]2C)c1. The van der Waals surface area contributed by atoms with Gasteiger partial charge >= 0.3 is 0 Å². The first-order valence-electron chi connectivity index (χ1n) is 6.88. The van der Waals surface area contributed by atoms with Gasteiger partial charge in [0.25, 0.3) is 5.91 Å². The van der Waals surface area contributed by atoms with Crippen molar-refractivity contribution in [3.8, 4) is 0 Å². The van der Waals surface area contributed by atoms with Crippen molar-refractivity contribution >= 4 is 35.2 Å². The highest BCUT2D eigenvalue weighted by Crippen LogP contribution is 2.28. The van der Waals surface area contributed by atoms with Crippen molar-refractivity contribution in [1.29, 1.82) is 0 Å². The maximum Gasteiger partial charge on any atom is 0.255 e. The van der Waals surface area contributed by atoms with Crippen molar-refractivity contribution in [3.63, 3.8) is 0 Å². The summed E-state index contributed by atoms with van der Waals surface area (Å²) in [6, 6.07) is 5.51. The molecule has 2 amide bonds. The van der Waals surface area contributed by atoms with Crippen LogP contribution >= 0.6 is 23.4 Å². The van der Waals surface area contributed by atoms with Crippen molar-refractivity contribution in [2.45, 2.75) is 30.7 Å². The van der Waals surface area contributed by atoms with Crippen LogP contribution in [0.5, 0.6) is 0 Å². The summed E-state index contributed by atoms with van der Waals surface area (Å²) in [7, 11) is 0. The molecule has 0 spiro atoms. The number of hydrogen-bond acceptors (Lipinski definition) is 3. The molecule has 0 radical (unpaired) electrons. The van der Waals surface area contributed by atoms with Crippen molar-refractivity contribution in [3.05, 3.63) is 28.8 Å². The maximum atomic E-state index is 12.7. The van der Waals surface area contributed by atoms with Gasteiger partial charge < -0.3 is 10.6 Å². The quantitative estimate of drug-likeness (QED) is 0.869. The molecule has 2 N–H and O–H groups in total. The minimum absolute atomic E-state index is 0.0853. The van der Waals surface area contributed by atoms with Gasteiger partial charge in [0, 0.05) is 17.5 Å². The summed E-state index contributed by atoms with van der Waals surface area (Å²) < 4.78 is 0. The summed E-state index contributed by atoms with van der Waals surface area (Å²) in [6.45, 7) is 2.36. The predicted molar refractivity (Wildman–Crippen MR) is 85.6 cm³/mol. The molecule has 1 fully saturated rings. The molecular formula is C15H19ClN2O2S. The normalized spacial score (nSPS) is 22.1. The summed E-state index contributed by atoms with van der Waals surface area (Å²) >= 11 is 7.72. The largest absolute Gasteiger partial charge is 0.369 e. The molecule has 21 heavy (non-hydrogen) atoms. The second-order valence-electron chi connectivity index (χ2n) is 5.33. The standard InChI is InChI=1S/C15H19ClN2O2S/c1-9-3-4-10(14(17)19)8-18(9)15(20)12-7-11(21-2)5-6-13(12)16/h5-7,9-10H,3-4,8H2,1-2H3,(H2,17,19)/t9-,10-/m1/s1. The fourth-order valence-electron chi connectivity index (χ4n) is 2.57. The van der Waals surface area contributed by atoms with Crippen LogP contribution in [0.3, 0.4) is 0 Å². The van der Waals surface area contributed by atoms with Crippen molar-refractivity contribution in [2.75, 3.05) is 12.8 Å². The second kappa shape index (κ2) is 6.71. The van der Waals surface area contributed by atoms with E-state index in [9.17, 15) is 9.59 Å². The Morgan fingerprint density at radius 2 is 2.10 bits per heavy atom. The molecule has 0 unspecified atom stereocenters. The Labute approximate surface area is 134 Å². The van der Waals surface area contributed by atoms with Gasteiger partial charge in [0.1, 0.15) is 0 Å². The smallest absolute Gasteiger partial charge is 0.255 e. The fraction of sp³-hybridized carbons (Fsp3) is 0.467. The summed E-state index contributed by atoms with van der Waals surface area (Å²) in [5.74, 6) is -0.745. The lowest BCUT2D eigenvalue weighted by molar-refractivity contribution is -0.123. The van der Waals surface area contributed by atoms with Gasteiger partial charge in [0.15, 0.2) is 0 Å². The molecule has 0 aliphatic carbocycles. The molecule has 2 rings (SSSR count). The second-order valence-corrected chi connectivity index (χ2v) is 6.62. The average molecular weight is 327 g/mol. The van der Waals surface area contributed by atoms with Crippen LogP contribution in [0.25, 0.3) is 0 Å². The van der Waals surface area contributed by atoms with Crippen molar-refractivity contribution in [1.82, 2.24) is 4.90 Å². The molecule has 4 nitrogen and oxygen atoms in total. The molecule has 1 saturated heterocycles. The number of likely N-dealkylation sites (tertiary alicyclic amines) is 1. The van der Waals surface area contributed by atoms with E-state index in [0.29, 0.717) is 17.1 Å². The average Bonchev–Trinajstić information content (AvgIpc) is 2.47. The van der Waals surface area contributed by atoms with E-state index in [1.165, 1.54) is 0 Å². The van der Waals surface area contributed by atoms with Gasteiger partial charge in [-0.2, -0.15) is 0 Å². The van der Waals surface area contributed by atoms with E-state index in [2.05, 4.69) is 0 Å². The number of amides is 2. The van der Waals surface area contributed by atoms with Crippen molar-refractivity contribution in [2.24, 2.45) is 11.7 Å². The Morgan fingerprint density at radius 3 is 2.71 bits per heavy atom. The number of nitrogens with zero attached hydrogens (tertiary/aromatic N) is 1. The topological polar surface area (TPSA) is 63.4 Å². The third-order valence-corrected chi connectivity index (χ3v) is 5.00. The third-order valence-electron chi connectivity index (χ3n) is 3.95. The highest BCUT2D eigenvalue weighted by atomic mass is 35.5. The van der Waals surface area contributed by atoms with E-state index in [1.807, 2.05) is 19.2 Å². The lowest BCUT2D eigenvalue weighted by atomic mass is 9.92. The molecule has 0 saturated carbocycles. The Hall–Kier alpha value is -1.20. The molecule has 1 heterocycles. The molecule has 2 atom stereocenters. The zero-order valence-corrected chi connectivity index (χ0v) is 13.7. The summed E-state index contributed by atoms with van der Waals surface area (Å²) in [4.78, 5) is 26.8. The van der Waals surface area contributed by atoms with Crippen LogP contribution in [0, 0.1) is 5.92 Å². The van der Waals surface area contributed by atoms with E-state index in [1.54, 1.807) is 28.8 Å². The number of nitrogens with two attached hydrogens (primary N) is 1. The number of primary amides is 1. The van der Waals surface area contributed by atoms with E-state index >= 15 is 0 Å². The molecule has 1 aromatic carbocycles. The summed E-state index contributed by atoms with van der Waals surface area (Å²) in [5.41, 5.74) is 5.87. The van der Waals surface area contributed by atoms with Crippen LogP contribution in [0.2, 0.25) is 5.02 Å². The van der Waals surface area contributed by atoms with Crippen LogP contribution in [-0.2, 0) is 4.79 Å². The molecular weight excluding hydrogens is 308 g/mol. The number of hydrogen-bond donors (Lipinski definition) is 1. The van der Waals surface area contributed by atoms with Gasteiger partial charge in [-0.3, -0.25) is 9.59 Å². The zero-order chi connectivity index (χ0) is 15.6. The van der Waals surface area contributed by atoms with E-state index in [-0.39, 0.29) is 23.8 Å². The van der Waals surface area contributed by atoms with Crippen LogP contribution in [-0.4, -0.2) is 35.6 Å². The number of rotatable bonds is 3. The first kappa shape index (κ1) is 16.2. The first-order valence-corrected chi connectivity index (χ1v) is 8.48. The third kappa shape index (κ3) is 3.52. The molecule has 0 bridgehead atoms. The van der Waals surface area contributed by atoms with Gasteiger partial charge in [-0.25, -0.2) is 0 Å². The van der Waals surface area contributed by atoms with E-state index < -0.39 is 0 Å². The van der Waals surface area contributed by atoms with Crippen LogP contribution in [0.4, 0.5) is 0 Å². The number of carbonyl (C=O) groups is 2. The number of piperidine rings is 1. The minimum Gasteiger partial charge on any atom is -0.369 e. The molecule has 1 aliphatic heterocycles. The van der Waals surface area contributed by atoms with Gasteiger partial charge in [0.05, 0.1) is 16.5 Å². The van der Waals surface area contributed by atoms with Crippen LogP contribution in [0.1, 0.15) is 30.1 Å². The summed E-state index contributed by atoms with van der Waals surface area (Å²) in [6.07, 6.45) is 3.46. The van der Waals surface area contributed by atoms with E-state index in [4.69, 9.17) is 17.3 Å². The molecule has 6 heteroatoms. The Morgan fingerprint density at radius 1 is 1.38 bits per heavy atom. The first-order chi connectivity index (χ1) is 9.93. The Bertz CT molecular complexity index is 565. The molecule has 0 aromatic heterocycles. The van der Waals surface area contributed by atoms with Gasteiger partial charge in [-0.15, -0.1) is 11.8 Å². The fourth-order valence-corrected chi connectivity index (χ4v) is 3.21. The number of halogens is 1. The van der Waals surface area contributed by atoms with E-state index in [0.717, 1.165) is 17.7 Å². The number of benzene rings is 1. The minimum atomic E-state index is -0.344. The Balaban J connectivity index is 2.27.